The van der Waals surface area contributed by atoms with Gasteiger partial charge in [-0.2, -0.15) is 0 Å². The molecule has 1 aromatic heterocycles. The number of aryl methyl sites for hydroxylation is 1. The summed E-state index contributed by atoms with van der Waals surface area (Å²) in [6.07, 6.45) is 2.87. The quantitative estimate of drug-likeness (QED) is 0.493. The molecule has 0 saturated carbocycles. The van der Waals surface area contributed by atoms with Crippen molar-refractivity contribution in [2.75, 3.05) is 0 Å². The zero-order chi connectivity index (χ0) is 17.8. The zero-order valence-corrected chi connectivity index (χ0v) is 15.4. The Morgan fingerprint density at radius 3 is 2.72 bits per heavy atom. The lowest BCUT2D eigenvalue weighted by Gasteiger charge is -2.11. The van der Waals surface area contributed by atoms with Crippen molar-refractivity contribution in [1.29, 1.82) is 0 Å². The standard InChI is InChI=1S/C20H18Cl2O3/c1-2-3-6-14-9-20(23)25-18-11-19(17(22)10-16(14)18)24-12-13-5-4-7-15(21)8-13/h4-5,7-11H,2-3,6,12H2,1H3. The second kappa shape index (κ2) is 7.94. The molecule has 0 radical (unpaired) electrons. The van der Waals surface area contributed by atoms with Crippen molar-refractivity contribution >= 4 is 34.2 Å². The summed E-state index contributed by atoms with van der Waals surface area (Å²) in [5.74, 6) is 0.477. The molecule has 0 atom stereocenters. The minimum atomic E-state index is -0.360. The Kier molecular flexibility index (Phi) is 5.67. The molecule has 0 saturated heterocycles. The van der Waals surface area contributed by atoms with Crippen LogP contribution in [0.25, 0.3) is 11.0 Å². The molecule has 1 heterocycles. The maximum atomic E-state index is 11.8. The average molecular weight is 377 g/mol. The van der Waals surface area contributed by atoms with Crippen LogP contribution in [-0.2, 0) is 13.0 Å². The molecule has 0 spiro atoms. The Balaban J connectivity index is 1.91. The van der Waals surface area contributed by atoms with E-state index in [0.29, 0.717) is 28.0 Å². The topological polar surface area (TPSA) is 39.4 Å². The van der Waals surface area contributed by atoms with Crippen molar-refractivity contribution in [1.82, 2.24) is 0 Å². The molecule has 0 aliphatic carbocycles. The van der Waals surface area contributed by atoms with Gasteiger partial charge in [-0.15, -0.1) is 0 Å². The van der Waals surface area contributed by atoms with Gasteiger partial charge in [-0.05, 0) is 42.2 Å². The summed E-state index contributed by atoms with van der Waals surface area (Å²) < 4.78 is 11.1. The summed E-state index contributed by atoms with van der Waals surface area (Å²) in [5, 5.41) is 1.99. The number of fused-ring (bicyclic) bond motifs is 1. The molecule has 0 fully saturated rings. The van der Waals surface area contributed by atoms with E-state index in [4.69, 9.17) is 32.4 Å². The number of hydrogen-bond acceptors (Lipinski definition) is 3. The van der Waals surface area contributed by atoms with E-state index in [-0.39, 0.29) is 5.63 Å². The fourth-order valence-corrected chi connectivity index (χ4v) is 3.13. The van der Waals surface area contributed by atoms with Crippen LogP contribution in [0.3, 0.4) is 0 Å². The predicted molar refractivity (Wildman–Crippen MR) is 102 cm³/mol. The molecule has 0 unspecified atom stereocenters. The summed E-state index contributed by atoms with van der Waals surface area (Å²) in [6.45, 7) is 2.44. The monoisotopic (exact) mass is 376 g/mol. The van der Waals surface area contributed by atoms with Crippen LogP contribution in [0.5, 0.6) is 5.75 Å². The smallest absolute Gasteiger partial charge is 0.336 e. The Morgan fingerprint density at radius 1 is 1.12 bits per heavy atom. The third-order valence-corrected chi connectivity index (χ3v) is 4.50. The van der Waals surface area contributed by atoms with Crippen LogP contribution in [-0.4, -0.2) is 0 Å². The molecule has 25 heavy (non-hydrogen) atoms. The molecular formula is C20H18Cl2O3. The van der Waals surface area contributed by atoms with E-state index < -0.39 is 0 Å². The number of unbranched alkanes of at least 4 members (excludes halogenated alkanes) is 1. The minimum Gasteiger partial charge on any atom is -0.487 e. The Hall–Kier alpha value is -1.97. The Bertz CT molecular complexity index is 947. The number of halogens is 2. The van der Waals surface area contributed by atoms with Gasteiger partial charge in [-0.25, -0.2) is 4.79 Å². The molecular weight excluding hydrogens is 359 g/mol. The number of hydrogen-bond donors (Lipinski definition) is 0. The normalized spacial score (nSPS) is 11.0. The molecule has 5 heteroatoms. The fraction of sp³-hybridized carbons (Fsp3) is 0.250. The summed E-state index contributed by atoms with van der Waals surface area (Å²) >= 11 is 12.4. The van der Waals surface area contributed by atoms with E-state index in [0.717, 1.165) is 35.8 Å². The van der Waals surface area contributed by atoms with Gasteiger partial charge in [-0.3, -0.25) is 0 Å². The van der Waals surface area contributed by atoms with Gasteiger partial charge < -0.3 is 9.15 Å². The van der Waals surface area contributed by atoms with E-state index in [2.05, 4.69) is 6.92 Å². The maximum Gasteiger partial charge on any atom is 0.336 e. The van der Waals surface area contributed by atoms with Crippen molar-refractivity contribution in [3.8, 4) is 5.75 Å². The molecule has 0 bridgehead atoms. The summed E-state index contributed by atoms with van der Waals surface area (Å²) in [6, 6.07) is 12.4. The van der Waals surface area contributed by atoms with Crippen LogP contribution >= 0.6 is 23.2 Å². The van der Waals surface area contributed by atoms with Crippen LogP contribution in [0.4, 0.5) is 0 Å². The van der Waals surface area contributed by atoms with Gasteiger partial charge in [0.25, 0.3) is 0 Å². The first-order valence-electron chi connectivity index (χ1n) is 8.20. The highest BCUT2D eigenvalue weighted by molar-refractivity contribution is 6.32. The van der Waals surface area contributed by atoms with Gasteiger partial charge in [-0.1, -0.05) is 48.7 Å². The van der Waals surface area contributed by atoms with E-state index >= 15 is 0 Å². The second-order valence-corrected chi connectivity index (χ2v) is 6.74. The minimum absolute atomic E-state index is 0.325. The highest BCUT2D eigenvalue weighted by Crippen LogP contribution is 2.32. The molecule has 130 valence electrons. The van der Waals surface area contributed by atoms with Crippen LogP contribution in [0, 0.1) is 0 Å². The molecule has 0 aliphatic rings. The van der Waals surface area contributed by atoms with E-state index in [1.807, 2.05) is 18.2 Å². The van der Waals surface area contributed by atoms with Gasteiger partial charge >= 0.3 is 5.63 Å². The first-order chi connectivity index (χ1) is 12.1. The third-order valence-electron chi connectivity index (χ3n) is 3.97. The Morgan fingerprint density at radius 2 is 1.96 bits per heavy atom. The number of ether oxygens (including phenoxy) is 1. The van der Waals surface area contributed by atoms with Gasteiger partial charge in [0.2, 0.25) is 0 Å². The molecule has 2 aromatic carbocycles. The summed E-state index contributed by atoms with van der Waals surface area (Å²) in [5.41, 5.74) is 2.02. The molecule has 3 nitrogen and oxygen atoms in total. The largest absolute Gasteiger partial charge is 0.487 e. The first-order valence-corrected chi connectivity index (χ1v) is 8.96. The SMILES string of the molecule is CCCCc1cc(=O)oc2cc(OCc3cccc(Cl)c3)c(Cl)cc12. The van der Waals surface area contributed by atoms with Gasteiger partial charge in [0.1, 0.15) is 17.9 Å². The molecule has 3 rings (SSSR count). The number of benzene rings is 2. The van der Waals surface area contributed by atoms with Gasteiger partial charge in [0.15, 0.2) is 0 Å². The lowest BCUT2D eigenvalue weighted by Crippen LogP contribution is -2.02. The van der Waals surface area contributed by atoms with Crippen molar-refractivity contribution in [3.05, 3.63) is 74.1 Å². The third kappa shape index (κ3) is 4.36. The van der Waals surface area contributed by atoms with Gasteiger partial charge in [0.05, 0.1) is 5.02 Å². The van der Waals surface area contributed by atoms with Crippen molar-refractivity contribution in [2.45, 2.75) is 32.8 Å². The highest BCUT2D eigenvalue weighted by Gasteiger charge is 2.11. The lowest BCUT2D eigenvalue weighted by molar-refractivity contribution is 0.306. The van der Waals surface area contributed by atoms with Gasteiger partial charge in [0, 0.05) is 22.5 Å². The number of rotatable bonds is 6. The van der Waals surface area contributed by atoms with Crippen molar-refractivity contribution in [3.63, 3.8) is 0 Å². The van der Waals surface area contributed by atoms with Crippen molar-refractivity contribution in [2.24, 2.45) is 0 Å². The summed E-state index contributed by atoms with van der Waals surface area (Å²) in [4.78, 5) is 11.8. The zero-order valence-electron chi connectivity index (χ0n) is 13.9. The fourth-order valence-electron chi connectivity index (χ4n) is 2.70. The van der Waals surface area contributed by atoms with Crippen LogP contribution < -0.4 is 10.4 Å². The average Bonchev–Trinajstić information content (AvgIpc) is 2.58. The molecule has 3 aromatic rings. The van der Waals surface area contributed by atoms with Crippen LogP contribution in [0.2, 0.25) is 10.0 Å². The van der Waals surface area contributed by atoms with E-state index in [9.17, 15) is 4.79 Å². The van der Waals surface area contributed by atoms with Crippen LogP contribution in [0.15, 0.2) is 51.7 Å². The Labute approximate surface area is 156 Å². The second-order valence-electron chi connectivity index (χ2n) is 5.89. The van der Waals surface area contributed by atoms with Crippen molar-refractivity contribution < 1.29 is 9.15 Å². The highest BCUT2D eigenvalue weighted by atomic mass is 35.5. The van der Waals surface area contributed by atoms with Crippen LogP contribution in [0.1, 0.15) is 30.9 Å². The molecule has 0 N–H and O–H groups in total. The predicted octanol–water partition coefficient (Wildman–Crippen LogP) is 6.02. The summed E-state index contributed by atoms with van der Waals surface area (Å²) in [7, 11) is 0. The van der Waals surface area contributed by atoms with E-state index in [1.54, 1.807) is 24.3 Å². The molecule has 0 amide bonds. The maximum absolute atomic E-state index is 11.8. The first kappa shape index (κ1) is 17.8. The lowest BCUT2D eigenvalue weighted by atomic mass is 10.0. The van der Waals surface area contributed by atoms with E-state index in [1.165, 1.54) is 0 Å². The molecule has 0 aliphatic heterocycles.